The van der Waals surface area contributed by atoms with E-state index in [0.717, 1.165) is 44.3 Å². The van der Waals surface area contributed by atoms with Crippen molar-refractivity contribution in [1.82, 2.24) is 20.1 Å². The Kier molecular flexibility index (Phi) is 8.81. The number of carbonyl (C=O) groups excluding carboxylic acids is 1. The molecule has 0 spiro atoms. The van der Waals surface area contributed by atoms with Crippen LogP contribution in [0, 0.1) is 0 Å². The van der Waals surface area contributed by atoms with Crippen molar-refractivity contribution in [3.8, 4) is 11.4 Å². The molecule has 1 heterocycles. The molecular weight excluding hydrogens is 480 g/mol. The zero-order chi connectivity index (χ0) is 24.5. The molecule has 3 aromatic carbocycles. The smallest absolute Gasteiger partial charge is 0.220 e. The molecule has 0 aliphatic rings. The van der Waals surface area contributed by atoms with Gasteiger partial charge in [-0.25, -0.2) is 0 Å². The predicted molar refractivity (Wildman–Crippen MR) is 140 cm³/mol. The number of methoxy groups -OCH3 is 1. The fourth-order valence-corrected chi connectivity index (χ4v) is 4.83. The number of hydrogen-bond acceptors (Lipinski definition) is 5. The molecule has 1 N–H and O–H groups in total. The van der Waals surface area contributed by atoms with Crippen molar-refractivity contribution in [3.05, 3.63) is 101 Å². The third kappa shape index (κ3) is 6.87. The normalized spacial score (nSPS) is 10.8. The maximum atomic E-state index is 12.4. The lowest BCUT2D eigenvalue weighted by molar-refractivity contribution is -0.121. The first-order valence-electron chi connectivity index (χ1n) is 11.4. The summed E-state index contributed by atoms with van der Waals surface area (Å²) in [7, 11) is 1.63. The molecule has 4 aromatic rings. The van der Waals surface area contributed by atoms with E-state index in [1.165, 1.54) is 0 Å². The summed E-state index contributed by atoms with van der Waals surface area (Å²) in [5.41, 5.74) is 3.08. The van der Waals surface area contributed by atoms with Crippen molar-refractivity contribution in [2.45, 2.75) is 36.7 Å². The van der Waals surface area contributed by atoms with Gasteiger partial charge in [0.05, 0.1) is 7.11 Å². The highest BCUT2D eigenvalue weighted by Crippen LogP contribution is 2.27. The first kappa shape index (κ1) is 24.8. The van der Waals surface area contributed by atoms with Gasteiger partial charge in [-0.05, 0) is 42.3 Å². The fourth-order valence-electron chi connectivity index (χ4n) is 3.70. The summed E-state index contributed by atoms with van der Waals surface area (Å²) in [6.07, 6.45) is 1.71. The molecule has 0 atom stereocenters. The van der Waals surface area contributed by atoms with Crippen molar-refractivity contribution >= 4 is 29.3 Å². The van der Waals surface area contributed by atoms with Crippen LogP contribution in [0.1, 0.15) is 29.8 Å². The van der Waals surface area contributed by atoms with Gasteiger partial charge in [0.1, 0.15) is 11.6 Å². The van der Waals surface area contributed by atoms with E-state index in [0.29, 0.717) is 25.8 Å². The number of aromatic nitrogens is 3. The quantitative estimate of drug-likeness (QED) is 0.258. The van der Waals surface area contributed by atoms with Crippen LogP contribution in [0.3, 0.4) is 0 Å². The third-order valence-corrected chi connectivity index (χ3v) is 6.68. The van der Waals surface area contributed by atoms with Crippen LogP contribution in [0.25, 0.3) is 5.69 Å². The summed E-state index contributed by atoms with van der Waals surface area (Å²) in [6, 6.07) is 25.6. The number of ether oxygens (including phenoxy) is 1. The zero-order valence-electron chi connectivity index (χ0n) is 19.5. The molecule has 0 aliphatic heterocycles. The molecule has 0 aliphatic carbocycles. The number of aryl methyl sites for hydroxylation is 1. The Labute approximate surface area is 214 Å². The van der Waals surface area contributed by atoms with Crippen LogP contribution in [0.5, 0.6) is 5.75 Å². The Morgan fingerprint density at radius 3 is 2.63 bits per heavy atom. The van der Waals surface area contributed by atoms with E-state index < -0.39 is 0 Å². The molecule has 1 amide bonds. The monoisotopic (exact) mass is 506 g/mol. The highest BCUT2D eigenvalue weighted by atomic mass is 35.5. The van der Waals surface area contributed by atoms with Crippen LogP contribution in [0.2, 0.25) is 5.02 Å². The second-order valence-corrected chi connectivity index (χ2v) is 9.31. The number of halogens is 1. The molecule has 1 aromatic heterocycles. The molecule has 0 radical (unpaired) electrons. The Morgan fingerprint density at radius 1 is 1.03 bits per heavy atom. The van der Waals surface area contributed by atoms with Gasteiger partial charge >= 0.3 is 0 Å². The van der Waals surface area contributed by atoms with Gasteiger partial charge in [0.15, 0.2) is 5.16 Å². The zero-order valence-corrected chi connectivity index (χ0v) is 21.1. The number of amides is 1. The molecule has 6 nitrogen and oxygen atoms in total. The topological polar surface area (TPSA) is 69.0 Å². The van der Waals surface area contributed by atoms with Gasteiger partial charge in [-0.2, -0.15) is 0 Å². The fraction of sp³-hybridized carbons (Fsp3) is 0.222. The number of hydrogen-bond donors (Lipinski definition) is 1. The molecule has 0 saturated carbocycles. The van der Waals surface area contributed by atoms with Crippen LogP contribution < -0.4 is 10.1 Å². The van der Waals surface area contributed by atoms with Gasteiger partial charge in [-0.3, -0.25) is 9.36 Å². The lowest BCUT2D eigenvalue weighted by Crippen LogP contribution is -2.23. The second kappa shape index (κ2) is 12.4. The summed E-state index contributed by atoms with van der Waals surface area (Å²) in [5, 5.41) is 13.4. The predicted octanol–water partition coefficient (Wildman–Crippen LogP) is 5.86. The molecule has 8 heteroatoms. The minimum Gasteiger partial charge on any atom is -0.496 e. The summed E-state index contributed by atoms with van der Waals surface area (Å²) < 4.78 is 7.42. The minimum atomic E-state index is -0.00256. The number of benzene rings is 3. The van der Waals surface area contributed by atoms with E-state index in [-0.39, 0.29) is 5.91 Å². The molecule has 0 saturated heterocycles. The number of nitrogens with one attached hydrogen (secondary N) is 1. The van der Waals surface area contributed by atoms with E-state index in [2.05, 4.69) is 20.1 Å². The molecule has 0 unspecified atom stereocenters. The van der Waals surface area contributed by atoms with Crippen LogP contribution in [0.4, 0.5) is 0 Å². The van der Waals surface area contributed by atoms with Crippen molar-refractivity contribution in [2.75, 3.05) is 7.11 Å². The Balaban J connectivity index is 1.38. The molecule has 4 rings (SSSR count). The molecule has 35 heavy (non-hydrogen) atoms. The molecule has 0 fully saturated rings. The van der Waals surface area contributed by atoms with E-state index in [9.17, 15) is 4.79 Å². The highest BCUT2D eigenvalue weighted by molar-refractivity contribution is 7.98. The minimum absolute atomic E-state index is 0.00256. The number of para-hydroxylation sites is 2. The first-order chi connectivity index (χ1) is 17.1. The summed E-state index contributed by atoms with van der Waals surface area (Å²) in [5.74, 6) is 2.34. The van der Waals surface area contributed by atoms with Crippen molar-refractivity contribution < 1.29 is 9.53 Å². The van der Waals surface area contributed by atoms with E-state index in [1.807, 2.05) is 78.9 Å². The number of rotatable bonds is 11. The maximum Gasteiger partial charge on any atom is 0.220 e. The summed E-state index contributed by atoms with van der Waals surface area (Å²) >= 11 is 7.74. The van der Waals surface area contributed by atoms with Gasteiger partial charge in [0.25, 0.3) is 0 Å². The van der Waals surface area contributed by atoms with Gasteiger partial charge in [0, 0.05) is 41.4 Å². The average Bonchev–Trinajstić information content (AvgIpc) is 3.29. The molecular formula is C27H27ClN4O2S. The lowest BCUT2D eigenvalue weighted by Gasteiger charge is -2.11. The second-order valence-electron chi connectivity index (χ2n) is 7.93. The standard InChI is InChI=1S/C27H27ClN4O2S/c1-34-24-14-6-5-10-21(24)18-29-26(33)16-8-15-25-30-31-27(32(25)23-12-3-2-4-13-23)35-19-20-9-7-11-22(28)17-20/h2-7,9-14,17H,8,15-16,18-19H2,1H3,(H,29,33). The van der Waals surface area contributed by atoms with Gasteiger partial charge < -0.3 is 10.1 Å². The third-order valence-electron chi connectivity index (χ3n) is 5.44. The van der Waals surface area contributed by atoms with Crippen LogP contribution in [-0.2, 0) is 23.5 Å². The van der Waals surface area contributed by atoms with E-state index in [1.54, 1.807) is 18.9 Å². The number of carbonyl (C=O) groups is 1. The van der Waals surface area contributed by atoms with Crippen LogP contribution >= 0.6 is 23.4 Å². The number of thioether (sulfide) groups is 1. The van der Waals surface area contributed by atoms with Gasteiger partial charge in [0.2, 0.25) is 5.91 Å². The van der Waals surface area contributed by atoms with Crippen molar-refractivity contribution in [3.63, 3.8) is 0 Å². The SMILES string of the molecule is COc1ccccc1CNC(=O)CCCc1nnc(SCc2cccc(Cl)c2)n1-c1ccccc1. The van der Waals surface area contributed by atoms with Gasteiger partial charge in [-0.15, -0.1) is 10.2 Å². The van der Waals surface area contributed by atoms with E-state index in [4.69, 9.17) is 16.3 Å². The lowest BCUT2D eigenvalue weighted by atomic mass is 10.2. The Morgan fingerprint density at radius 2 is 1.83 bits per heavy atom. The van der Waals surface area contributed by atoms with Gasteiger partial charge in [-0.1, -0.05) is 71.9 Å². The highest BCUT2D eigenvalue weighted by Gasteiger charge is 2.15. The van der Waals surface area contributed by atoms with Crippen molar-refractivity contribution in [1.29, 1.82) is 0 Å². The molecule has 0 bridgehead atoms. The first-order valence-corrected chi connectivity index (χ1v) is 12.8. The summed E-state index contributed by atoms with van der Waals surface area (Å²) in [6.45, 7) is 0.438. The van der Waals surface area contributed by atoms with E-state index >= 15 is 0 Å². The Hall–Kier alpha value is -3.29. The average molecular weight is 507 g/mol. The molecule has 180 valence electrons. The van der Waals surface area contributed by atoms with Crippen molar-refractivity contribution in [2.24, 2.45) is 0 Å². The maximum absolute atomic E-state index is 12.4. The Bertz CT molecular complexity index is 1260. The number of nitrogens with zero attached hydrogens (tertiary/aromatic N) is 3. The van der Waals surface area contributed by atoms with Crippen LogP contribution in [0.15, 0.2) is 84.0 Å². The largest absolute Gasteiger partial charge is 0.496 e. The summed E-state index contributed by atoms with van der Waals surface area (Å²) in [4.78, 5) is 12.4. The van der Waals surface area contributed by atoms with Crippen LogP contribution in [-0.4, -0.2) is 27.8 Å².